The van der Waals surface area contributed by atoms with Crippen LogP contribution in [0.25, 0.3) is 0 Å². The first-order valence-corrected chi connectivity index (χ1v) is 8.60. The van der Waals surface area contributed by atoms with Gasteiger partial charge in [-0.15, -0.1) is 0 Å². The zero-order valence-corrected chi connectivity index (χ0v) is 13.5. The molecule has 7 heteroatoms. The summed E-state index contributed by atoms with van der Waals surface area (Å²) in [6, 6.07) is 6.40. The summed E-state index contributed by atoms with van der Waals surface area (Å²) in [4.78, 5) is 0.230. The first kappa shape index (κ1) is 16.5. The zero-order valence-electron chi connectivity index (χ0n) is 12.7. The molecule has 0 radical (unpaired) electrons. The summed E-state index contributed by atoms with van der Waals surface area (Å²) in [7, 11) is -3.49. The minimum Gasteiger partial charge on any atom is -0.491 e. The molecule has 0 spiro atoms. The average molecular weight is 324 g/mol. The second kappa shape index (κ2) is 7.42. The summed E-state index contributed by atoms with van der Waals surface area (Å²) in [5.74, 6) is 0.654. The van der Waals surface area contributed by atoms with E-state index in [-0.39, 0.29) is 11.0 Å². The number of nitrogens with one attached hydrogen (secondary N) is 1. The van der Waals surface area contributed by atoms with Crippen molar-refractivity contribution in [2.75, 3.05) is 6.54 Å². The van der Waals surface area contributed by atoms with Crippen LogP contribution in [0.3, 0.4) is 0 Å². The summed E-state index contributed by atoms with van der Waals surface area (Å²) < 4.78 is 37.1. The molecule has 0 aliphatic carbocycles. The number of hydrogen-bond acceptors (Lipinski definition) is 5. The third kappa shape index (κ3) is 4.85. The summed E-state index contributed by atoms with van der Waals surface area (Å²) in [6.07, 6.45) is 4.63. The fourth-order valence-corrected chi connectivity index (χ4v) is 2.98. The Hall–Kier alpha value is -1.86. The van der Waals surface area contributed by atoms with E-state index in [0.717, 1.165) is 5.56 Å². The second-order valence-corrected chi connectivity index (χ2v) is 6.94. The fourth-order valence-electron chi connectivity index (χ4n) is 1.90. The molecule has 1 N–H and O–H groups in total. The van der Waals surface area contributed by atoms with Crippen molar-refractivity contribution >= 4 is 10.0 Å². The Kier molecular flexibility index (Phi) is 5.57. The molecule has 0 aliphatic rings. The predicted molar refractivity (Wildman–Crippen MR) is 82.2 cm³/mol. The second-order valence-electron chi connectivity index (χ2n) is 5.17. The molecule has 0 amide bonds. The van der Waals surface area contributed by atoms with E-state index in [0.29, 0.717) is 25.1 Å². The molecule has 2 rings (SSSR count). The smallest absolute Gasteiger partial charge is 0.240 e. The van der Waals surface area contributed by atoms with E-state index in [1.807, 2.05) is 13.8 Å². The van der Waals surface area contributed by atoms with Crippen LogP contribution in [0.1, 0.15) is 25.8 Å². The number of aryl methyl sites for hydroxylation is 1. The van der Waals surface area contributed by atoms with E-state index in [2.05, 4.69) is 9.88 Å². The molecule has 0 atom stereocenters. The van der Waals surface area contributed by atoms with Crippen LogP contribution in [0.5, 0.6) is 5.75 Å². The van der Waals surface area contributed by atoms with Crippen molar-refractivity contribution in [3.63, 3.8) is 0 Å². The van der Waals surface area contributed by atoms with Gasteiger partial charge in [0.15, 0.2) is 0 Å². The largest absolute Gasteiger partial charge is 0.491 e. The number of rotatable bonds is 8. The van der Waals surface area contributed by atoms with Crippen molar-refractivity contribution in [2.24, 2.45) is 0 Å². The maximum Gasteiger partial charge on any atom is 0.240 e. The van der Waals surface area contributed by atoms with Gasteiger partial charge in [0, 0.05) is 12.1 Å². The van der Waals surface area contributed by atoms with E-state index in [1.165, 1.54) is 0 Å². The maximum absolute atomic E-state index is 12.1. The van der Waals surface area contributed by atoms with E-state index in [9.17, 15) is 8.42 Å². The zero-order chi connectivity index (χ0) is 16.0. The molecule has 6 nitrogen and oxygen atoms in total. The van der Waals surface area contributed by atoms with E-state index in [4.69, 9.17) is 9.26 Å². The van der Waals surface area contributed by atoms with Crippen molar-refractivity contribution < 1.29 is 17.7 Å². The number of benzene rings is 1. The van der Waals surface area contributed by atoms with Crippen molar-refractivity contribution in [1.29, 1.82) is 0 Å². The standard InChI is InChI=1S/C15H20N2O4S/c1-12(2)21-14-5-7-15(8-6-14)22(18,19)17-9-3-4-13-10-16-20-11-13/h5-8,10-12,17H,3-4,9H2,1-2H3. The van der Waals surface area contributed by atoms with Crippen LogP contribution in [0, 0.1) is 0 Å². The van der Waals surface area contributed by atoms with E-state index in [1.54, 1.807) is 36.7 Å². The minimum absolute atomic E-state index is 0.0537. The normalized spacial score (nSPS) is 11.8. The van der Waals surface area contributed by atoms with Crippen molar-refractivity contribution in [2.45, 2.75) is 37.7 Å². The van der Waals surface area contributed by atoms with Crippen LogP contribution in [0.4, 0.5) is 0 Å². The Labute approximate surface area is 130 Å². The van der Waals surface area contributed by atoms with Crippen LogP contribution in [-0.4, -0.2) is 26.2 Å². The van der Waals surface area contributed by atoms with Gasteiger partial charge in [-0.2, -0.15) is 0 Å². The third-order valence-corrected chi connectivity index (χ3v) is 4.40. The van der Waals surface area contributed by atoms with Gasteiger partial charge in [0.2, 0.25) is 10.0 Å². The van der Waals surface area contributed by atoms with Gasteiger partial charge in [-0.1, -0.05) is 5.16 Å². The molecule has 1 aromatic heterocycles. The highest BCUT2D eigenvalue weighted by molar-refractivity contribution is 7.89. The highest BCUT2D eigenvalue weighted by Crippen LogP contribution is 2.17. The number of hydrogen-bond donors (Lipinski definition) is 1. The lowest BCUT2D eigenvalue weighted by molar-refractivity contribution is 0.242. The maximum atomic E-state index is 12.1. The molecule has 120 valence electrons. The van der Waals surface area contributed by atoms with E-state index < -0.39 is 10.0 Å². The Bertz CT molecular complexity index is 664. The van der Waals surface area contributed by atoms with Crippen LogP contribution < -0.4 is 9.46 Å². The Morgan fingerprint density at radius 1 is 1.27 bits per heavy atom. The highest BCUT2D eigenvalue weighted by atomic mass is 32.2. The lowest BCUT2D eigenvalue weighted by atomic mass is 10.2. The van der Waals surface area contributed by atoms with Gasteiger partial charge in [0.25, 0.3) is 0 Å². The van der Waals surface area contributed by atoms with Crippen LogP contribution in [0.15, 0.2) is 46.1 Å². The molecular formula is C15H20N2O4S. The number of aromatic nitrogens is 1. The van der Waals surface area contributed by atoms with E-state index >= 15 is 0 Å². The molecule has 0 saturated carbocycles. The highest BCUT2D eigenvalue weighted by Gasteiger charge is 2.13. The Balaban J connectivity index is 1.86. The molecular weight excluding hydrogens is 304 g/mol. The molecule has 1 aromatic carbocycles. The molecule has 1 heterocycles. The quantitative estimate of drug-likeness (QED) is 0.754. The Morgan fingerprint density at radius 3 is 2.59 bits per heavy atom. The van der Waals surface area contributed by atoms with Gasteiger partial charge in [-0.05, 0) is 51.0 Å². The van der Waals surface area contributed by atoms with Gasteiger partial charge in [0.05, 0.1) is 17.2 Å². The van der Waals surface area contributed by atoms with Gasteiger partial charge in [0.1, 0.15) is 12.0 Å². The fraction of sp³-hybridized carbons (Fsp3) is 0.400. The van der Waals surface area contributed by atoms with Crippen molar-refractivity contribution in [3.8, 4) is 5.75 Å². The number of ether oxygens (including phenoxy) is 1. The molecule has 22 heavy (non-hydrogen) atoms. The van der Waals surface area contributed by atoms with Crippen LogP contribution >= 0.6 is 0 Å². The third-order valence-electron chi connectivity index (χ3n) is 2.92. The lowest BCUT2D eigenvalue weighted by Crippen LogP contribution is -2.25. The van der Waals surface area contributed by atoms with Crippen LogP contribution in [-0.2, 0) is 16.4 Å². The first-order chi connectivity index (χ1) is 10.5. The molecule has 2 aromatic rings. The molecule has 0 saturated heterocycles. The Morgan fingerprint density at radius 2 is 2.00 bits per heavy atom. The summed E-state index contributed by atoms with van der Waals surface area (Å²) in [5.41, 5.74) is 0.953. The summed E-state index contributed by atoms with van der Waals surface area (Å²) in [5, 5.41) is 3.60. The first-order valence-electron chi connectivity index (χ1n) is 7.12. The van der Waals surface area contributed by atoms with Gasteiger partial charge in [-0.25, -0.2) is 13.1 Å². The minimum atomic E-state index is -3.49. The number of sulfonamides is 1. The van der Waals surface area contributed by atoms with Crippen molar-refractivity contribution in [3.05, 3.63) is 42.3 Å². The van der Waals surface area contributed by atoms with Crippen molar-refractivity contribution in [1.82, 2.24) is 9.88 Å². The monoisotopic (exact) mass is 324 g/mol. The molecule has 0 bridgehead atoms. The summed E-state index contributed by atoms with van der Waals surface area (Å²) >= 11 is 0. The lowest BCUT2D eigenvalue weighted by Gasteiger charge is -2.10. The van der Waals surface area contributed by atoms with Gasteiger partial charge >= 0.3 is 0 Å². The SMILES string of the molecule is CC(C)Oc1ccc(S(=O)(=O)NCCCc2cnoc2)cc1. The number of nitrogens with zero attached hydrogens (tertiary/aromatic N) is 1. The molecule has 0 unspecified atom stereocenters. The predicted octanol–water partition coefficient (Wildman–Crippen LogP) is 2.37. The van der Waals surface area contributed by atoms with Gasteiger partial charge in [-0.3, -0.25) is 0 Å². The van der Waals surface area contributed by atoms with Gasteiger partial charge < -0.3 is 9.26 Å². The summed E-state index contributed by atoms with van der Waals surface area (Å²) in [6.45, 7) is 4.20. The molecule has 0 fully saturated rings. The topological polar surface area (TPSA) is 81.4 Å². The van der Waals surface area contributed by atoms with Crippen LogP contribution in [0.2, 0.25) is 0 Å². The average Bonchev–Trinajstić information content (AvgIpc) is 2.97. The molecule has 0 aliphatic heterocycles.